The molecule has 1 aromatic heterocycles. The van der Waals surface area contributed by atoms with Gasteiger partial charge in [0.05, 0.1) is 12.6 Å². The summed E-state index contributed by atoms with van der Waals surface area (Å²) < 4.78 is 15.1. The van der Waals surface area contributed by atoms with E-state index in [-0.39, 0.29) is 30.9 Å². The van der Waals surface area contributed by atoms with E-state index in [9.17, 15) is 9.18 Å². The Morgan fingerprint density at radius 3 is 2.86 bits per heavy atom. The summed E-state index contributed by atoms with van der Waals surface area (Å²) in [6.45, 7) is 9.43. The van der Waals surface area contributed by atoms with Crippen LogP contribution >= 0.6 is 0 Å². The predicted octanol–water partition coefficient (Wildman–Crippen LogP) is -0.673. The lowest BCUT2D eigenvalue weighted by atomic mass is 9.97. The first-order chi connectivity index (χ1) is 13.6. The van der Waals surface area contributed by atoms with E-state index < -0.39 is 6.17 Å². The average Bonchev–Trinajstić information content (AvgIpc) is 3.03. The van der Waals surface area contributed by atoms with Gasteiger partial charge >= 0.3 is 0 Å². The first-order valence-corrected chi connectivity index (χ1v) is 10.3. The average molecular weight is 394 g/mol. The number of fused-ring (bicyclic) bond motifs is 1. The van der Waals surface area contributed by atoms with Gasteiger partial charge in [0.15, 0.2) is 5.82 Å². The van der Waals surface area contributed by atoms with Crippen LogP contribution in [0.5, 0.6) is 0 Å². The van der Waals surface area contributed by atoms with E-state index >= 15 is 0 Å². The SMILES string of the molecule is CCN1CCN(C2CCNCC2NC(=O)c2c(N)nn3c2NCC(F)C3)CC1. The molecule has 5 N–H and O–H groups in total. The highest BCUT2D eigenvalue weighted by Gasteiger charge is 2.35. The Labute approximate surface area is 164 Å². The first kappa shape index (κ1) is 19.4. The van der Waals surface area contributed by atoms with Gasteiger partial charge in [0.2, 0.25) is 0 Å². The maximum atomic E-state index is 13.6. The van der Waals surface area contributed by atoms with Crippen LogP contribution in [0.4, 0.5) is 16.0 Å². The van der Waals surface area contributed by atoms with Crippen LogP contribution in [0.2, 0.25) is 0 Å². The maximum absolute atomic E-state index is 13.6. The van der Waals surface area contributed by atoms with Crippen molar-refractivity contribution < 1.29 is 9.18 Å². The van der Waals surface area contributed by atoms with Gasteiger partial charge in [-0.3, -0.25) is 9.69 Å². The van der Waals surface area contributed by atoms with Gasteiger partial charge < -0.3 is 26.6 Å². The van der Waals surface area contributed by atoms with Gasteiger partial charge in [-0.05, 0) is 19.5 Å². The molecule has 3 unspecified atom stereocenters. The number of rotatable bonds is 4. The van der Waals surface area contributed by atoms with E-state index in [1.807, 2.05) is 0 Å². The number of piperazine rings is 1. The number of nitrogens with two attached hydrogens (primary N) is 1. The fraction of sp³-hybridized carbons (Fsp3) is 0.778. The third-order valence-electron chi connectivity index (χ3n) is 6.15. The summed E-state index contributed by atoms with van der Waals surface area (Å²) in [4.78, 5) is 18.0. The minimum absolute atomic E-state index is 0.00175. The van der Waals surface area contributed by atoms with Crippen molar-refractivity contribution >= 4 is 17.5 Å². The van der Waals surface area contributed by atoms with Crippen molar-refractivity contribution in [3.8, 4) is 0 Å². The predicted molar refractivity (Wildman–Crippen MR) is 106 cm³/mol. The molecule has 0 aliphatic carbocycles. The lowest BCUT2D eigenvalue weighted by Gasteiger charge is -2.44. The van der Waals surface area contributed by atoms with Gasteiger partial charge in [-0.25, -0.2) is 9.07 Å². The number of halogens is 1. The van der Waals surface area contributed by atoms with Crippen LogP contribution < -0.4 is 21.7 Å². The summed E-state index contributed by atoms with van der Waals surface area (Å²) in [5.41, 5.74) is 6.32. The van der Waals surface area contributed by atoms with E-state index in [1.54, 1.807) is 0 Å². The van der Waals surface area contributed by atoms with Crippen molar-refractivity contribution in [1.82, 2.24) is 30.2 Å². The van der Waals surface area contributed by atoms with Crippen LogP contribution in [0.15, 0.2) is 0 Å². The standard InChI is InChI=1S/C18H31FN8O/c1-2-25-5-7-26(8-6-25)14-3-4-21-10-13(14)23-18(28)15-16(20)24-27-11-12(19)9-22-17(15)27/h12-14,21-22H,2-11H2,1H3,(H2,20,24)(H,23,28). The summed E-state index contributed by atoms with van der Waals surface area (Å²) in [5.74, 6) is 0.418. The number of aromatic nitrogens is 2. The monoisotopic (exact) mass is 394 g/mol. The maximum Gasteiger partial charge on any atom is 0.259 e. The normalized spacial score (nSPS) is 29.1. The lowest BCUT2D eigenvalue weighted by molar-refractivity contribution is 0.0622. The Hall–Kier alpha value is -1.91. The zero-order valence-corrected chi connectivity index (χ0v) is 16.5. The number of amides is 1. The first-order valence-electron chi connectivity index (χ1n) is 10.3. The Morgan fingerprint density at radius 1 is 1.32 bits per heavy atom. The van der Waals surface area contributed by atoms with Crippen LogP contribution in [-0.4, -0.2) is 96.1 Å². The third kappa shape index (κ3) is 3.81. The highest BCUT2D eigenvalue weighted by Crippen LogP contribution is 2.26. The molecule has 1 amide bonds. The molecule has 3 aliphatic heterocycles. The molecule has 9 nitrogen and oxygen atoms in total. The zero-order chi connectivity index (χ0) is 19.7. The van der Waals surface area contributed by atoms with Crippen LogP contribution in [-0.2, 0) is 6.54 Å². The Morgan fingerprint density at radius 2 is 2.11 bits per heavy atom. The minimum Gasteiger partial charge on any atom is -0.381 e. The van der Waals surface area contributed by atoms with Crippen molar-refractivity contribution in [3.05, 3.63) is 5.56 Å². The number of nitrogens with one attached hydrogen (secondary N) is 3. The number of anilines is 2. The number of hydrogen-bond donors (Lipinski definition) is 4. The van der Waals surface area contributed by atoms with Crippen molar-refractivity contribution in [2.24, 2.45) is 0 Å². The van der Waals surface area contributed by atoms with Gasteiger partial charge in [0.1, 0.15) is 17.6 Å². The van der Waals surface area contributed by atoms with E-state index in [1.165, 1.54) is 4.68 Å². The van der Waals surface area contributed by atoms with Gasteiger partial charge in [-0.15, -0.1) is 0 Å². The number of nitrogen functional groups attached to an aromatic ring is 1. The van der Waals surface area contributed by atoms with E-state index in [0.29, 0.717) is 17.4 Å². The topological polar surface area (TPSA) is 103 Å². The van der Waals surface area contributed by atoms with Crippen molar-refractivity contribution in [1.29, 1.82) is 0 Å². The van der Waals surface area contributed by atoms with Crippen molar-refractivity contribution in [2.75, 3.05) is 63.4 Å². The van der Waals surface area contributed by atoms with Crippen LogP contribution in [0.1, 0.15) is 23.7 Å². The molecular weight excluding hydrogens is 363 g/mol. The molecular formula is C18H31FN8O. The van der Waals surface area contributed by atoms with Crippen molar-refractivity contribution in [2.45, 2.75) is 38.1 Å². The largest absolute Gasteiger partial charge is 0.381 e. The van der Waals surface area contributed by atoms with Gasteiger partial charge in [-0.1, -0.05) is 6.92 Å². The van der Waals surface area contributed by atoms with E-state index in [0.717, 1.165) is 52.2 Å². The fourth-order valence-corrected chi connectivity index (χ4v) is 4.56. The van der Waals surface area contributed by atoms with Crippen LogP contribution in [0.3, 0.4) is 0 Å². The van der Waals surface area contributed by atoms with Gasteiger partial charge in [0.25, 0.3) is 5.91 Å². The highest BCUT2D eigenvalue weighted by molar-refractivity contribution is 6.03. The Balaban J connectivity index is 1.46. The molecule has 2 fully saturated rings. The molecule has 0 aromatic carbocycles. The van der Waals surface area contributed by atoms with E-state index in [4.69, 9.17) is 5.73 Å². The second-order valence-electron chi connectivity index (χ2n) is 7.88. The lowest BCUT2D eigenvalue weighted by Crippen LogP contribution is -2.62. The molecule has 4 heterocycles. The molecule has 3 atom stereocenters. The number of likely N-dealkylation sites (N-methyl/N-ethyl adjacent to an activating group) is 1. The van der Waals surface area contributed by atoms with Crippen LogP contribution in [0, 0.1) is 0 Å². The molecule has 0 spiro atoms. The molecule has 0 saturated carbocycles. The molecule has 4 rings (SSSR count). The number of piperidine rings is 1. The Bertz CT molecular complexity index is 702. The molecule has 0 radical (unpaired) electrons. The highest BCUT2D eigenvalue weighted by atomic mass is 19.1. The third-order valence-corrected chi connectivity index (χ3v) is 6.15. The molecule has 0 bridgehead atoms. The molecule has 10 heteroatoms. The van der Waals surface area contributed by atoms with Gasteiger partial charge in [0, 0.05) is 45.3 Å². The number of hydrogen-bond acceptors (Lipinski definition) is 7. The number of carbonyl (C=O) groups excluding carboxylic acids is 1. The molecule has 156 valence electrons. The number of carbonyl (C=O) groups is 1. The summed E-state index contributed by atoms with van der Waals surface area (Å²) in [7, 11) is 0. The zero-order valence-electron chi connectivity index (χ0n) is 16.5. The second-order valence-corrected chi connectivity index (χ2v) is 7.88. The summed E-state index contributed by atoms with van der Waals surface area (Å²) in [6, 6.07) is 0.307. The Kier molecular flexibility index (Phi) is 5.70. The van der Waals surface area contributed by atoms with Gasteiger partial charge in [-0.2, -0.15) is 5.10 Å². The molecule has 28 heavy (non-hydrogen) atoms. The summed E-state index contributed by atoms with van der Waals surface area (Å²) in [6.07, 6.45) is -0.0306. The molecule has 2 saturated heterocycles. The summed E-state index contributed by atoms with van der Waals surface area (Å²) in [5, 5.41) is 13.7. The fourth-order valence-electron chi connectivity index (χ4n) is 4.56. The number of alkyl halides is 1. The smallest absolute Gasteiger partial charge is 0.259 e. The van der Waals surface area contributed by atoms with E-state index in [2.05, 4.69) is 37.8 Å². The molecule has 3 aliphatic rings. The van der Waals surface area contributed by atoms with Crippen molar-refractivity contribution in [3.63, 3.8) is 0 Å². The second kappa shape index (κ2) is 8.22. The van der Waals surface area contributed by atoms with Crippen LogP contribution in [0.25, 0.3) is 0 Å². The minimum atomic E-state index is -1.03. The molecule has 1 aromatic rings. The quantitative estimate of drug-likeness (QED) is 0.537. The number of nitrogens with zero attached hydrogens (tertiary/aromatic N) is 4. The summed E-state index contributed by atoms with van der Waals surface area (Å²) >= 11 is 0.